The largest absolute Gasteiger partial charge is 0.399 e. The summed E-state index contributed by atoms with van der Waals surface area (Å²) in [7, 11) is 0. The van der Waals surface area contributed by atoms with Crippen molar-refractivity contribution in [1.29, 1.82) is 0 Å². The molecule has 2 rings (SSSR count). The van der Waals surface area contributed by atoms with E-state index in [4.69, 9.17) is 5.73 Å². The Morgan fingerprint density at radius 3 is 2.47 bits per heavy atom. The molecule has 19 heavy (non-hydrogen) atoms. The van der Waals surface area contributed by atoms with E-state index in [-0.39, 0.29) is 0 Å². The monoisotopic (exact) mass is 259 g/mol. The van der Waals surface area contributed by atoms with Crippen molar-refractivity contribution in [2.24, 2.45) is 0 Å². The summed E-state index contributed by atoms with van der Waals surface area (Å²) in [6, 6.07) is 10.5. The number of hydrogen-bond acceptors (Lipinski definition) is 2. The Bertz CT molecular complexity index is 596. The molecule has 0 fully saturated rings. The Morgan fingerprint density at radius 1 is 1.11 bits per heavy atom. The van der Waals surface area contributed by atoms with Crippen molar-refractivity contribution in [3.05, 3.63) is 53.8 Å². The standard InChI is InChI=1S/C14H14FN3O/c1-9-2-3-10(15)8-13(9)18-14(19)17-12-6-4-11(16)5-7-12/h2-8H,16H2,1H3,(H2,17,18,19). The van der Waals surface area contributed by atoms with Gasteiger partial charge in [0.15, 0.2) is 0 Å². The van der Waals surface area contributed by atoms with Gasteiger partial charge in [0.05, 0.1) is 0 Å². The average molecular weight is 259 g/mol. The number of nitrogen functional groups attached to an aromatic ring is 1. The second-order valence-electron chi connectivity index (χ2n) is 4.16. The van der Waals surface area contributed by atoms with Crippen LogP contribution in [0.3, 0.4) is 0 Å². The van der Waals surface area contributed by atoms with Gasteiger partial charge in [0, 0.05) is 17.1 Å². The molecule has 0 saturated heterocycles. The topological polar surface area (TPSA) is 67.2 Å². The first-order valence-corrected chi connectivity index (χ1v) is 5.74. The summed E-state index contributed by atoms with van der Waals surface area (Å²) in [4.78, 5) is 11.8. The van der Waals surface area contributed by atoms with Gasteiger partial charge in [0.25, 0.3) is 0 Å². The lowest BCUT2D eigenvalue weighted by atomic mass is 10.2. The maximum Gasteiger partial charge on any atom is 0.323 e. The molecule has 0 aliphatic carbocycles. The van der Waals surface area contributed by atoms with E-state index in [9.17, 15) is 9.18 Å². The first-order valence-electron chi connectivity index (χ1n) is 5.74. The number of amides is 2. The van der Waals surface area contributed by atoms with Crippen LogP contribution in [0, 0.1) is 12.7 Å². The number of benzene rings is 2. The zero-order valence-corrected chi connectivity index (χ0v) is 10.4. The van der Waals surface area contributed by atoms with Crippen molar-refractivity contribution in [3.8, 4) is 0 Å². The maximum absolute atomic E-state index is 13.1. The van der Waals surface area contributed by atoms with E-state index in [2.05, 4.69) is 10.6 Å². The molecule has 4 nitrogen and oxygen atoms in total. The molecular weight excluding hydrogens is 245 g/mol. The zero-order valence-electron chi connectivity index (χ0n) is 10.4. The Kier molecular flexibility index (Phi) is 3.66. The number of carbonyl (C=O) groups is 1. The number of rotatable bonds is 2. The van der Waals surface area contributed by atoms with Crippen LogP contribution in [0.1, 0.15) is 5.56 Å². The minimum absolute atomic E-state index is 0.395. The molecule has 0 spiro atoms. The van der Waals surface area contributed by atoms with E-state index in [0.717, 1.165) is 5.56 Å². The predicted octanol–water partition coefficient (Wildman–Crippen LogP) is 3.36. The Balaban J connectivity index is 2.05. The summed E-state index contributed by atoms with van der Waals surface area (Å²) < 4.78 is 13.1. The summed E-state index contributed by atoms with van der Waals surface area (Å²) in [5.74, 6) is -0.395. The quantitative estimate of drug-likeness (QED) is 0.724. The van der Waals surface area contributed by atoms with Gasteiger partial charge >= 0.3 is 6.03 Å². The van der Waals surface area contributed by atoms with Crippen LogP contribution >= 0.6 is 0 Å². The van der Waals surface area contributed by atoms with Gasteiger partial charge in [-0.15, -0.1) is 0 Å². The second kappa shape index (κ2) is 5.39. The molecule has 98 valence electrons. The van der Waals surface area contributed by atoms with Crippen LogP contribution in [-0.2, 0) is 0 Å². The number of nitrogens with two attached hydrogens (primary N) is 1. The third kappa shape index (κ3) is 3.45. The van der Waals surface area contributed by atoms with E-state index in [0.29, 0.717) is 17.1 Å². The maximum atomic E-state index is 13.1. The molecule has 0 aromatic heterocycles. The van der Waals surface area contributed by atoms with Gasteiger partial charge in [-0.3, -0.25) is 0 Å². The number of hydrogen-bond donors (Lipinski definition) is 3. The minimum atomic E-state index is -0.432. The second-order valence-corrected chi connectivity index (χ2v) is 4.16. The van der Waals surface area contributed by atoms with Gasteiger partial charge in [-0.1, -0.05) is 6.07 Å². The first-order chi connectivity index (χ1) is 9.04. The van der Waals surface area contributed by atoms with Crippen molar-refractivity contribution in [1.82, 2.24) is 0 Å². The van der Waals surface area contributed by atoms with Crippen LogP contribution in [-0.4, -0.2) is 6.03 Å². The zero-order chi connectivity index (χ0) is 13.8. The SMILES string of the molecule is Cc1ccc(F)cc1NC(=O)Nc1ccc(N)cc1. The molecule has 2 aromatic rings. The molecule has 0 aliphatic rings. The molecule has 0 saturated carbocycles. The van der Waals surface area contributed by atoms with Crippen molar-refractivity contribution >= 4 is 23.1 Å². The Morgan fingerprint density at radius 2 is 1.79 bits per heavy atom. The first kappa shape index (κ1) is 12.9. The highest BCUT2D eigenvalue weighted by atomic mass is 19.1. The Labute approximate surface area is 110 Å². The molecule has 5 heteroatoms. The van der Waals surface area contributed by atoms with Crippen molar-refractivity contribution < 1.29 is 9.18 Å². The number of anilines is 3. The van der Waals surface area contributed by atoms with E-state index in [1.165, 1.54) is 12.1 Å². The summed E-state index contributed by atoms with van der Waals surface area (Å²) in [5.41, 5.74) is 8.00. The summed E-state index contributed by atoms with van der Waals surface area (Å²) >= 11 is 0. The fourth-order valence-corrected chi connectivity index (χ4v) is 1.58. The molecule has 0 heterocycles. The predicted molar refractivity (Wildman–Crippen MR) is 74.6 cm³/mol. The summed E-state index contributed by atoms with van der Waals surface area (Å²) in [6.07, 6.45) is 0. The highest BCUT2D eigenvalue weighted by molar-refractivity contribution is 6.00. The highest BCUT2D eigenvalue weighted by Gasteiger charge is 2.06. The Hall–Kier alpha value is -2.56. The molecule has 0 atom stereocenters. The smallest absolute Gasteiger partial charge is 0.323 e. The van der Waals surface area contributed by atoms with Gasteiger partial charge in [0.2, 0.25) is 0 Å². The fourth-order valence-electron chi connectivity index (χ4n) is 1.58. The van der Waals surface area contributed by atoms with Crippen molar-refractivity contribution in [3.63, 3.8) is 0 Å². The van der Waals surface area contributed by atoms with E-state index >= 15 is 0 Å². The molecule has 2 amide bonds. The van der Waals surface area contributed by atoms with Crippen LogP contribution in [0.2, 0.25) is 0 Å². The van der Waals surface area contributed by atoms with E-state index in [1.54, 1.807) is 37.3 Å². The minimum Gasteiger partial charge on any atom is -0.399 e. The molecule has 0 unspecified atom stereocenters. The number of nitrogens with one attached hydrogen (secondary N) is 2. The van der Waals surface area contributed by atoms with Gasteiger partial charge in [-0.25, -0.2) is 9.18 Å². The molecule has 4 N–H and O–H groups in total. The van der Waals surface area contributed by atoms with Gasteiger partial charge in [-0.05, 0) is 48.9 Å². The number of carbonyl (C=O) groups excluding carboxylic acids is 1. The van der Waals surface area contributed by atoms with Crippen LogP contribution < -0.4 is 16.4 Å². The third-order valence-corrected chi connectivity index (χ3v) is 2.62. The highest BCUT2D eigenvalue weighted by Crippen LogP contribution is 2.17. The van der Waals surface area contributed by atoms with Gasteiger partial charge in [-0.2, -0.15) is 0 Å². The molecule has 0 bridgehead atoms. The lowest BCUT2D eigenvalue weighted by Gasteiger charge is -2.10. The molecular formula is C14H14FN3O. The lowest BCUT2D eigenvalue weighted by molar-refractivity contribution is 0.262. The fraction of sp³-hybridized carbons (Fsp3) is 0.0714. The number of aryl methyl sites for hydroxylation is 1. The molecule has 0 aliphatic heterocycles. The molecule has 0 radical (unpaired) electrons. The summed E-state index contributed by atoms with van der Waals surface area (Å²) in [5, 5.41) is 5.23. The van der Waals surface area contributed by atoms with Gasteiger partial charge in [0.1, 0.15) is 5.82 Å². The van der Waals surface area contributed by atoms with Gasteiger partial charge < -0.3 is 16.4 Å². The van der Waals surface area contributed by atoms with Crippen LogP contribution in [0.25, 0.3) is 0 Å². The van der Waals surface area contributed by atoms with Crippen molar-refractivity contribution in [2.45, 2.75) is 6.92 Å². The average Bonchev–Trinajstić information content (AvgIpc) is 2.37. The normalized spacial score (nSPS) is 10.0. The number of urea groups is 1. The van der Waals surface area contributed by atoms with E-state index < -0.39 is 11.8 Å². The summed E-state index contributed by atoms with van der Waals surface area (Å²) in [6.45, 7) is 1.79. The van der Waals surface area contributed by atoms with E-state index in [1.807, 2.05) is 0 Å². The molecule has 2 aromatic carbocycles. The van der Waals surface area contributed by atoms with Crippen LogP contribution in [0.4, 0.5) is 26.2 Å². The van der Waals surface area contributed by atoms with Crippen LogP contribution in [0.15, 0.2) is 42.5 Å². The van der Waals surface area contributed by atoms with Crippen molar-refractivity contribution in [2.75, 3.05) is 16.4 Å². The van der Waals surface area contributed by atoms with Crippen LogP contribution in [0.5, 0.6) is 0 Å². The number of halogens is 1. The lowest BCUT2D eigenvalue weighted by Crippen LogP contribution is -2.20. The third-order valence-electron chi connectivity index (χ3n) is 2.62.